The molecule has 0 bridgehead atoms. The number of ketones is 1. The second-order valence-corrected chi connectivity index (χ2v) is 4.71. The SMILES string of the molecule is CC#CCOc1ccc(CC(N)C(=O)CCC(=O)OC)cc1. The van der Waals surface area contributed by atoms with Gasteiger partial charge in [-0.25, -0.2) is 0 Å². The molecule has 22 heavy (non-hydrogen) atoms. The van der Waals surface area contributed by atoms with Crippen LogP contribution in [0, 0.1) is 11.8 Å². The van der Waals surface area contributed by atoms with Gasteiger partial charge in [0.1, 0.15) is 18.1 Å². The predicted molar refractivity (Wildman–Crippen MR) is 83.3 cm³/mol. The molecule has 1 aromatic carbocycles. The molecule has 1 unspecified atom stereocenters. The van der Waals surface area contributed by atoms with Crippen LogP contribution in [0.2, 0.25) is 0 Å². The third kappa shape index (κ3) is 6.42. The van der Waals surface area contributed by atoms with Gasteiger partial charge in [0.05, 0.1) is 19.6 Å². The number of rotatable bonds is 8. The van der Waals surface area contributed by atoms with Crippen molar-refractivity contribution < 1.29 is 19.1 Å². The van der Waals surface area contributed by atoms with Crippen molar-refractivity contribution in [2.45, 2.75) is 32.2 Å². The minimum atomic E-state index is -0.623. The summed E-state index contributed by atoms with van der Waals surface area (Å²) in [5.74, 6) is 5.73. The Morgan fingerprint density at radius 1 is 1.23 bits per heavy atom. The molecule has 0 heterocycles. The van der Waals surface area contributed by atoms with Crippen LogP contribution in [-0.4, -0.2) is 31.5 Å². The fourth-order valence-corrected chi connectivity index (χ4v) is 1.79. The first-order valence-corrected chi connectivity index (χ1v) is 7.03. The lowest BCUT2D eigenvalue weighted by Gasteiger charge is -2.11. The molecule has 0 saturated heterocycles. The Labute approximate surface area is 130 Å². The van der Waals surface area contributed by atoms with Gasteiger partial charge in [0, 0.05) is 6.42 Å². The molecule has 5 heteroatoms. The summed E-state index contributed by atoms with van der Waals surface area (Å²) in [7, 11) is 1.29. The zero-order chi connectivity index (χ0) is 16.4. The Balaban J connectivity index is 2.46. The maximum atomic E-state index is 11.8. The van der Waals surface area contributed by atoms with E-state index in [1.165, 1.54) is 7.11 Å². The van der Waals surface area contributed by atoms with Crippen LogP contribution >= 0.6 is 0 Å². The highest BCUT2D eigenvalue weighted by Crippen LogP contribution is 2.13. The van der Waals surface area contributed by atoms with E-state index in [4.69, 9.17) is 10.5 Å². The summed E-state index contributed by atoms with van der Waals surface area (Å²) >= 11 is 0. The molecule has 0 aliphatic rings. The zero-order valence-electron chi connectivity index (χ0n) is 12.9. The highest BCUT2D eigenvalue weighted by atomic mass is 16.5. The van der Waals surface area contributed by atoms with E-state index < -0.39 is 12.0 Å². The van der Waals surface area contributed by atoms with Crippen molar-refractivity contribution in [3.8, 4) is 17.6 Å². The molecule has 0 aliphatic heterocycles. The van der Waals surface area contributed by atoms with Crippen LogP contribution in [0.15, 0.2) is 24.3 Å². The van der Waals surface area contributed by atoms with E-state index in [-0.39, 0.29) is 18.6 Å². The van der Waals surface area contributed by atoms with Crippen molar-refractivity contribution in [2.75, 3.05) is 13.7 Å². The van der Waals surface area contributed by atoms with Crippen LogP contribution in [0.5, 0.6) is 5.75 Å². The number of methoxy groups -OCH3 is 1. The second kappa shape index (κ2) is 9.59. The number of carbonyl (C=O) groups is 2. The van der Waals surface area contributed by atoms with Crippen molar-refractivity contribution in [3.63, 3.8) is 0 Å². The summed E-state index contributed by atoms with van der Waals surface area (Å²) in [5.41, 5.74) is 6.80. The lowest BCUT2D eigenvalue weighted by molar-refractivity contribution is -0.142. The number of hydrogen-bond acceptors (Lipinski definition) is 5. The first-order chi connectivity index (χ1) is 10.6. The quantitative estimate of drug-likeness (QED) is 0.581. The van der Waals surface area contributed by atoms with Crippen molar-refractivity contribution in [3.05, 3.63) is 29.8 Å². The van der Waals surface area contributed by atoms with Gasteiger partial charge in [-0.1, -0.05) is 18.1 Å². The van der Waals surface area contributed by atoms with Crippen LogP contribution < -0.4 is 10.5 Å². The molecular formula is C17H21NO4. The Kier molecular flexibility index (Phi) is 7.73. The summed E-state index contributed by atoms with van der Waals surface area (Å²) in [6.45, 7) is 2.10. The van der Waals surface area contributed by atoms with E-state index >= 15 is 0 Å². The van der Waals surface area contributed by atoms with Crippen LogP contribution in [0.25, 0.3) is 0 Å². The third-order valence-corrected chi connectivity index (χ3v) is 3.08. The summed E-state index contributed by atoms with van der Waals surface area (Å²) in [5, 5.41) is 0. The van der Waals surface area contributed by atoms with Gasteiger partial charge in [0.15, 0.2) is 0 Å². The second-order valence-electron chi connectivity index (χ2n) is 4.71. The molecule has 1 atom stereocenters. The molecular weight excluding hydrogens is 282 g/mol. The van der Waals surface area contributed by atoms with Crippen LogP contribution in [0.4, 0.5) is 0 Å². The standard InChI is InChI=1S/C17H21NO4/c1-3-4-11-22-14-7-5-13(6-8-14)12-15(18)16(19)9-10-17(20)21-2/h5-8,15H,9-12,18H2,1-2H3. The molecule has 0 fully saturated rings. The van der Waals surface area contributed by atoms with Gasteiger partial charge in [-0.15, -0.1) is 5.92 Å². The topological polar surface area (TPSA) is 78.6 Å². The Hall–Kier alpha value is -2.32. The Bertz CT molecular complexity index is 554. The van der Waals surface area contributed by atoms with Gasteiger partial charge < -0.3 is 15.2 Å². The monoisotopic (exact) mass is 303 g/mol. The van der Waals surface area contributed by atoms with Gasteiger partial charge >= 0.3 is 5.97 Å². The number of hydrogen-bond donors (Lipinski definition) is 1. The predicted octanol–water partition coefficient (Wildman–Crippen LogP) is 1.48. The average molecular weight is 303 g/mol. The van der Waals surface area contributed by atoms with Crippen LogP contribution in [0.1, 0.15) is 25.3 Å². The van der Waals surface area contributed by atoms with Crippen molar-refractivity contribution in [1.29, 1.82) is 0 Å². The summed E-state index contributed by atoms with van der Waals surface area (Å²) in [6.07, 6.45) is 0.591. The smallest absolute Gasteiger partial charge is 0.305 e. The maximum Gasteiger partial charge on any atom is 0.305 e. The van der Waals surface area contributed by atoms with Gasteiger partial charge in [-0.05, 0) is 31.0 Å². The third-order valence-electron chi connectivity index (χ3n) is 3.08. The van der Waals surface area contributed by atoms with Crippen LogP contribution in [0.3, 0.4) is 0 Å². The lowest BCUT2D eigenvalue weighted by atomic mass is 10.0. The molecule has 2 N–H and O–H groups in total. The van der Waals surface area contributed by atoms with Gasteiger partial charge in [-0.3, -0.25) is 9.59 Å². The first kappa shape index (κ1) is 17.7. The molecule has 0 aliphatic carbocycles. The molecule has 0 aromatic heterocycles. The lowest BCUT2D eigenvalue weighted by Crippen LogP contribution is -2.33. The number of esters is 1. The average Bonchev–Trinajstić information content (AvgIpc) is 2.54. The van der Waals surface area contributed by atoms with E-state index in [0.717, 1.165) is 11.3 Å². The molecule has 118 valence electrons. The summed E-state index contributed by atoms with van der Waals surface area (Å²) in [4.78, 5) is 22.8. The fourth-order valence-electron chi connectivity index (χ4n) is 1.79. The van der Waals surface area contributed by atoms with Gasteiger partial charge in [0.2, 0.25) is 0 Å². The molecule has 0 amide bonds. The molecule has 0 radical (unpaired) electrons. The Morgan fingerprint density at radius 2 is 1.91 bits per heavy atom. The van der Waals surface area contributed by atoms with Crippen LogP contribution in [-0.2, 0) is 20.7 Å². The largest absolute Gasteiger partial charge is 0.481 e. The van der Waals surface area contributed by atoms with E-state index in [1.807, 2.05) is 24.3 Å². The number of carbonyl (C=O) groups excluding carboxylic acids is 2. The van der Waals surface area contributed by atoms with E-state index in [0.29, 0.717) is 13.0 Å². The fraction of sp³-hybridized carbons (Fsp3) is 0.412. The van der Waals surface area contributed by atoms with E-state index in [1.54, 1.807) is 6.92 Å². The minimum absolute atomic E-state index is 0.0638. The number of nitrogens with two attached hydrogens (primary N) is 1. The number of benzene rings is 1. The van der Waals surface area contributed by atoms with E-state index in [2.05, 4.69) is 16.6 Å². The number of Topliss-reactive ketones (excluding diaryl/α,β-unsaturated/α-hetero) is 1. The highest BCUT2D eigenvalue weighted by molar-refractivity contribution is 5.87. The summed E-state index contributed by atoms with van der Waals surface area (Å²) in [6, 6.07) is 6.74. The molecule has 1 aromatic rings. The molecule has 1 rings (SSSR count). The van der Waals surface area contributed by atoms with E-state index in [9.17, 15) is 9.59 Å². The van der Waals surface area contributed by atoms with Crippen molar-refractivity contribution in [1.82, 2.24) is 0 Å². The molecule has 0 spiro atoms. The van der Waals surface area contributed by atoms with Crippen molar-refractivity contribution >= 4 is 11.8 Å². The van der Waals surface area contributed by atoms with Gasteiger partial charge in [0.25, 0.3) is 0 Å². The Morgan fingerprint density at radius 3 is 2.50 bits per heavy atom. The highest BCUT2D eigenvalue weighted by Gasteiger charge is 2.15. The number of ether oxygens (including phenoxy) is 2. The minimum Gasteiger partial charge on any atom is -0.481 e. The molecule has 5 nitrogen and oxygen atoms in total. The van der Waals surface area contributed by atoms with Gasteiger partial charge in [-0.2, -0.15) is 0 Å². The summed E-state index contributed by atoms with van der Waals surface area (Å²) < 4.78 is 9.90. The first-order valence-electron chi connectivity index (χ1n) is 7.03. The maximum absolute atomic E-state index is 11.8. The van der Waals surface area contributed by atoms with Crippen molar-refractivity contribution in [2.24, 2.45) is 5.73 Å². The molecule has 0 saturated carbocycles. The zero-order valence-corrected chi connectivity index (χ0v) is 12.9. The normalized spacial score (nSPS) is 11.0.